The number of piperidine rings is 2. The fourth-order valence-corrected chi connectivity index (χ4v) is 6.80. The maximum Gasteiger partial charge on any atom is 0.230 e. The third-order valence-electron chi connectivity index (χ3n) is 8.00. The molecule has 39 heavy (non-hydrogen) atoms. The number of likely N-dealkylation sites (tertiary alicyclic amines) is 1. The van der Waals surface area contributed by atoms with Gasteiger partial charge in [0.05, 0.1) is 23.4 Å². The summed E-state index contributed by atoms with van der Waals surface area (Å²) in [5, 5.41) is 0.865. The highest BCUT2D eigenvalue weighted by Crippen LogP contribution is 2.30. The number of carbonyl (C=O) groups excluding carboxylic acids is 1. The SMILES string of the molecule is COc1ccc(CC2CCN(CCCN(C(=O)C3CCN(S(C)(=O)=O)CC3)c3ccc(Cl)c(Cl)c3)CC2)cc1. The molecule has 214 valence electrons. The first-order chi connectivity index (χ1) is 18.6. The normalized spacial score (nSPS) is 18.3. The standard InChI is InChI=1S/C29H39Cl2N3O4S/c1-38-26-7-4-22(5-8-26)20-23-10-16-32(17-11-23)14-3-15-34(25-6-9-27(30)28(31)21-25)29(35)24-12-18-33(19-13-24)39(2,36)37/h4-9,21,23-24H,3,10-20H2,1-2H3. The van der Waals surface area contributed by atoms with Crippen molar-refractivity contribution in [2.45, 2.75) is 38.5 Å². The number of halogens is 2. The third-order valence-corrected chi connectivity index (χ3v) is 10.0. The maximum atomic E-state index is 13.7. The van der Waals surface area contributed by atoms with Crippen LogP contribution in [0.5, 0.6) is 5.75 Å². The van der Waals surface area contributed by atoms with Gasteiger partial charge >= 0.3 is 0 Å². The van der Waals surface area contributed by atoms with Gasteiger partial charge in [0.1, 0.15) is 5.75 Å². The number of nitrogens with zero attached hydrogens (tertiary/aromatic N) is 3. The van der Waals surface area contributed by atoms with Crippen LogP contribution >= 0.6 is 23.2 Å². The van der Waals surface area contributed by atoms with Crippen LogP contribution in [0.4, 0.5) is 5.69 Å². The highest BCUT2D eigenvalue weighted by atomic mass is 35.5. The Morgan fingerprint density at radius 3 is 2.23 bits per heavy atom. The number of anilines is 1. The summed E-state index contributed by atoms with van der Waals surface area (Å²) in [7, 11) is -1.55. The van der Waals surface area contributed by atoms with Crippen molar-refractivity contribution in [2.24, 2.45) is 11.8 Å². The van der Waals surface area contributed by atoms with Gasteiger partial charge < -0.3 is 14.5 Å². The molecule has 7 nitrogen and oxygen atoms in total. The van der Waals surface area contributed by atoms with Gasteiger partial charge in [-0.2, -0.15) is 0 Å². The highest BCUT2D eigenvalue weighted by Gasteiger charge is 2.32. The Labute approximate surface area is 243 Å². The summed E-state index contributed by atoms with van der Waals surface area (Å²) in [6, 6.07) is 13.7. The molecule has 2 heterocycles. The van der Waals surface area contributed by atoms with Gasteiger partial charge in [-0.1, -0.05) is 35.3 Å². The van der Waals surface area contributed by atoms with E-state index >= 15 is 0 Å². The largest absolute Gasteiger partial charge is 0.497 e. The Hall–Kier alpha value is -1.84. The zero-order chi connectivity index (χ0) is 28.0. The lowest BCUT2D eigenvalue weighted by atomic mass is 9.90. The Kier molecular flexibility index (Phi) is 10.6. The summed E-state index contributed by atoms with van der Waals surface area (Å²) in [4.78, 5) is 18.0. The van der Waals surface area contributed by atoms with Crippen LogP contribution in [0.3, 0.4) is 0 Å². The van der Waals surface area contributed by atoms with Crippen molar-refractivity contribution in [3.8, 4) is 5.75 Å². The van der Waals surface area contributed by atoms with Gasteiger partial charge in [0.15, 0.2) is 0 Å². The van der Waals surface area contributed by atoms with Crippen LogP contribution in [0.25, 0.3) is 0 Å². The number of hydrogen-bond acceptors (Lipinski definition) is 5. The Morgan fingerprint density at radius 2 is 1.64 bits per heavy atom. The number of ether oxygens (including phenoxy) is 1. The van der Waals surface area contributed by atoms with Crippen LogP contribution in [0.2, 0.25) is 10.0 Å². The second kappa shape index (κ2) is 13.7. The lowest BCUT2D eigenvalue weighted by Gasteiger charge is -2.35. The summed E-state index contributed by atoms with van der Waals surface area (Å²) >= 11 is 12.4. The van der Waals surface area contributed by atoms with E-state index in [-0.39, 0.29) is 11.8 Å². The molecule has 1 amide bonds. The predicted molar refractivity (Wildman–Crippen MR) is 158 cm³/mol. The van der Waals surface area contributed by atoms with Gasteiger partial charge in [-0.15, -0.1) is 0 Å². The first-order valence-electron chi connectivity index (χ1n) is 13.7. The Morgan fingerprint density at radius 1 is 0.974 bits per heavy atom. The minimum Gasteiger partial charge on any atom is -0.497 e. The summed E-state index contributed by atoms with van der Waals surface area (Å²) < 4.78 is 30.5. The van der Waals surface area contributed by atoms with Crippen LogP contribution in [0, 0.1) is 11.8 Å². The summed E-state index contributed by atoms with van der Waals surface area (Å²) in [5.41, 5.74) is 2.09. The van der Waals surface area contributed by atoms with E-state index in [1.54, 1.807) is 19.2 Å². The van der Waals surface area contributed by atoms with Crippen molar-refractivity contribution in [2.75, 3.05) is 57.5 Å². The van der Waals surface area contributed by atoms with E-state index in [9.17, 15) is 13.2 Å². The smallest absolute Gasteiger partial charge is 0.230 e. The molecule has 0 unspecified atom stereocenters. The van der Waals surface area contributed by atoms with E-state index in [0.29, 0.717) is 48.4 Å². The van der Waals surface area contributed by atoms with Crippen molar-refractivity contribution < 1.29 is 17.9 Å². The molecule has 0 atom stereocenters. The van der Waals surface area contributed by atoms with Gasteiger partial charge in [0.2, 0.25) is 15.9 Å². The van der Waals surface area contributed by atoms with Gasteiger partial charge in [-0.3, -0.25) is 4.79 Å². The highest BCUT2D eigenvalue weighted by molar-refractivity contribution is 7.88. The molecule has 0 radical (unpaired) electrons. The molecule has 2 aromatic carbocycles. The average molecular weight is 597 g/mol. The number of sulfonamides is 1. The Bertz CT molecular complexity index is 1210. The molecule has 0 N–H and O–H groups in total. The lowest BCUT2D eigenvalue weighted by Crippen LogP contribution is -2.45. The van der Waals surface area contributed by atoms with Crippen LogP contribution in [-0.4, -0.2) is 76.2 Å². The second-order valence-electron chi connectivity index (χ2n) is 10.7. The average Bonchev–Trinajstić information content (AvgIpc) is 2.93. The number of methoxy groups -OCH3 is 1. The number of carbonyl (C=O) groups is 1. The Balaban J connectivity index is 1.31. The molecule has 0 spiro atoms. The summed E-state index contributed by atoms with van der Waals surface area (Å²) in [5.74, 6) is 1.38. The van der Waals surface area contributed by atoms with E-state index in [0.717, 1.165) is 43.9 Å². The van der Waals surface area contributed by atoms with E-state index in [4.69, 9.17) is 27.9 Å². The van der Waals surface area contributed by atoms with Crippen molar-refractivity contribution >= 4 is 44.8 Å². The number of hydrogen-bond donors (Lipinski definition) is 0. The second-order valence-corrected chi connectivity index (χ2v) is 13.5. The van der Waals surface area contributed by atoms with E-state index < -0.39 is 10.0 Å². The minimum atomic E-state index is -3.24. The molecule has 0 saturated carbocycles. The zero-order valence-corrected chi connectivity index (χ0v) is 25.1. The molecule has 0 aromatic heterocycles. The van der Waals surface area contributed by atoms with Crippen LogP contribution in [-0.2, 0) is 21.2 Å². The minimum absolute atomic E-state index is 0.0275. The molecule has 0 bridgehead atoms. The first kappa shape index (κ1) is 30.1. The van der Waals surface area contributed by atoms with Crippen LogP contribution < -0.4 is 9.64 Å². The number of amides is 1. The van der Waals surface area contributed by atoms with Gasteiger partial charge in [-0.25, -0.2) is 12.7 Å². The molecule has 2 aliphatic heterocycles. The van der Waals surface area contributed by atoms with Gasteiger partial charge in [0, 0.05) is 31.2 Å². The van der Waals surface area contributed by atoms with E-state index in [1.807, 2.05) is 23.1 Å². The lowest BCUT2D eigenvalue weighted by molar-refractivity contribution is -0.123. The van der Waals surface area contributed by atoms with Crippen molar-refractivity contribution in [1.82, 2.24) is 9.21 Å². The zero-order valence-electron chi connectivity index (χ0n) is 22.8. The molecular weight excluding hydrogens is 557 g/mol. The molecule has 2 fully saturated rings. The molecule has 2 saturated heterocycles. The quantitative estimate of drug-likeness (QED) is 0.370. The molecule has 2 aliphatic rings. The van der Waals surface area contributed by atoms with Crippen molar-refractivity contribution in [3.05, 3.63) is 58.1 Å². The fraction of sp³-hybridized carbons (Fsp3) is 0.552. The fourth-order valence-electron chi connectivity index (χ4n) is 5.64. The number of rotatable bonds is 10. The van der Waals surface area contributed by atoms with Crippen LogP contribution in [0.15, 0.2) is 42.5 Å². The van der Waals surface area contributed by atoms with Crippen LogP contribution in [0.1, 0.15) is 37.7 Å². The monoisotopic (exact) mass is 595 g/mol. The maximum absolute atomic E-state index is 13.7. The van der Waals surface area contributed by atoms with Gasteiger partial charge in [-0.05, 0) is 100.0 Å². The van der Waals surface area contributed by atoms with Gasteiger partial charge in [0.25, 0.3) is 0 Å². The number of benzene rings is 2. The van der Waals surface area contributed by atoms with Crippen molar-refractivity contribution in [1.29, 1.82) is 0 Å². The third kappa shape index (κ3) is 8.33. The molecule has 4 rings (SSSR count). The molecular formula is C29H39Cl2N3O4S. The van der Waals surface area contributed by atoms with Crippen molar-refractivity contribution in [3.63, 3.8) is 0 Å². The molecule has 0 aliphatic carbocycles. The predicted octanol–water partition coefficient (Wildman–Crippen LogP) is 5.35. The summed E-state index contributed by atoms with van der Waals surface area (Å²) in [6.07, 6.45) is 6.53. The van der Waals surface area contributed by atoms with E-state index in [1.165, 1.54) is 29.0 Å². The molecule has 10 heteroatoms. The topological polar surface area (TPSA) is 70.2 Å². The summed E-state index contributed by atoms with van der Waals surface area (Å²) in [6.45, 7) is 4.37. The first-order valence-corrected chi connectivity index (χ1v) is 16.3. The molecule has 2 aromatic rings. The van der Waals surface area contributed by atoms with E-state index in [2.05, 4.69) is 17.0 Å².